The van der Waals surface area contributed by atoms with E-state index in [0.717, 1.165) is 27.6 Å². The third kappa shape index (κ3) is 3.76. The summed E-state index contributed by atoms with van der Waals surface area (Å²) in [5, 5.41) is 8.07. The molecule has 0 saturated carbocycles. The smallest absolute Gasteiger partial charge is 0.0738 e. The molecule has 114 valence electrons. The maximum absolute atomic E-state index is 4.49. The van der Waals surface area contributed by atoms with Gasteiger partial charge < -0.3 is 5.32 Å². The highest BCUT2D eigenvalue weighted by Gasteiger charge is 2.19. The average Bonchev–Trinajstić information content (AvgIpc) is 2.67. The lowest BCUT2D eigenvalue weighted by atomic mass is 10.00. The van der Waals surface area contributed by atoms with Crippen molar-refractivity contribution in [2.45, 2.75) is 33.2 Å². The lowest BCUT2D eigenvalue weighted by Gasteiger charge is -2.21. The molecule has 1 aromatic carbocycles. The number of nitrogens with zero attached hydrogens (tertiary/aromatic N) is 2. The van der Waals surface area contributed by atoms with Crippen LogP contribution in [0.1, 0.15) is 35.5 Å². The Balaban J connectivity index is 2.37. The fourth-order valence-electron chi connectivity index (χ4n) is 2.56. The number of aryl methyl sites for hydroxylation is 3. The van der Waals surface area contributed by atoms with Crippen molar-refractivity contribution in [3.8, 4) is 0 Å². The Morgan fingerprint density at radius 3 is 2.57 bits per heavy atom. The molecule has 2 rings (SSSR count). The second-order valence-corrected chi connectivity index (χ2v) is 6.96. The van der Waals surface area contributed by atoms with Crippen LogP contribution in [0, 0.1) is 13.8 Å². The largest absolute Gasteiger partial charge is 0.310 e. The Morgan fingerprint density at radius 2 is 2.00 bits per heavy atom. The summed E-state index contributed by atoms with van der Waals surface area (Å²) in [5.41, 5.74) is 4.82. The van der Waals surface area contributed by atoms with E-state index in [2.05, 4.69) is 74.3 Å². The first-order valence-electron chi connectivity index (χ1n) is 7.11. The summed E-state index contributed by atoms with van der Waals surface area (Å²) >= 11 is 7.35. The van der Waals surface area contributed by atoms with Crippen LogP contribution in [0.4, 0.5) is 0 Å². The minimum Gasteiger partial charge on any atom is -0.310 e. The van der Waals surface area contributed by atoms with E-state index >= 15 is 0 Å². The molecule has 1 unspecified atom stereocenters. The van der Waals surface area contributed by atoms with E-state index in [1.54, 1.807) is 0 Å². The van der Waals surface area contributed by atoms with E-state index in [4.69, 9.17) is 0 Å². The number of aromatic nitrogens is 2. The molecule has 0 fully saturated rings. The highest BCUT2D eigenvalue weighted by molar-refractivity contribution is 9.10. The number of hydrogen-bond acceptors (Lipinski definition) is 2. The fourth-order valence-corrected chi connectivity index (χ4v) is 3.58. The molecule has 1 heterocycles. The predicted molar refractivity (Wildman–Crippen MR) is 94.6 cm³/mol. The van der Waals surface area contributed by atoms with Crippen molar-refractivity contribution in [2.24, 2.45) is 7.05 Å². The molecule has 2 aromatic rings. The summed E-state index contributed by atoms with van der Waals surface area (Å²) in [6.07, 6.45) is 0.897. The number of rotatable bonds is 5. The van der Waals surface area contributed by atoms with Gasteiger partial charge >= 0.3 is 0 Å². The molecule has 0 amide bonds. The van der Waals surface area contributed by atoms with Crippen LogP contribution in [0.2, 0.25) is 0 Å². The molecular weight excluding hydrogens is 394 g/mol. The van der Waals surface area contributed by atoms with Crippen LogP contribution in [-0.2, 0) is 13.5 Å². The van der Waals surface area contributed by atoms with Gasteiger partial charge in [0.25, 0.3) is 0 Å². The van der Waals surface area contributed by atoms with Gasteiger partial charge in [-0.05, 0) is 48.0 Å². The van der Waals surface area contributed by atoms with Crippen LogP contribution in [-0.4, -0.2) is 16.3 Å². The first-order chi connectivity index (χ1) is 9.93. The quantitative estimate of drug-likeness (QED) is 0.782. The normalized spacial score (nSPS) is 12.7. The number of likely N-dealkylation sites (N-methyl/N-ethyl adjacent to an activating group) is 1. The number of halogens is 2. The minimum atomic E-state index is 0.260. The van der Waals surface area contributed by atoms with Crippen LogP contribution in [0.5, 0.6) is 0 Å². The van der Waals surface area contributed by atoms with Gasteiger partial charge in [-0.15, -0.1) is 0 Å². The summed E-state index contributed by atoms with van der Waals surface area (Å²) in [4.78, 5) is 0. The molecule has 0 spiro atoms. The van der Waals surface area contributed by atoms with E-state index in [1.807, 2.05) is 18.7 Å². The summed E-state index contributed by atoms with van der Waals surface area (Å²) < 4.78 is 4.22. The van der Waals surface area contributed by atoms with Gasteiger partial charge in [-0.1, -0.05) is 40.5 Å². The molecular formula is C16H21Br2N3. The first kappa shape index (κ1) is 16.7. The van der Waals surface area contributed by atoms with Gasteiger partial charge in [-0.25, -0.2) is 0 Å². The van der Waals surface area contributed by atoms with Gasteiger partial charge in [-0.2, -0.15) is 5.10 Å². The van der Waals surface area contributed by atoms with Crippen LogP contribution in [0.3, 0.4) is 0 Å². The fraction of sp³-hybridized carbons (Fsp3) is 0.438. The van der Waals surface area contributed by atoms with Crippen LogP contribution in [0.25, 0.3) is 0 Å². The summed E-state index contributed by atoms with van der Waals surface area (Å²) in [6.45, 7) is 7.22. The molecule has 0 aliphatic rings. The van der Waals surface area contributed by atoms with Gasteiger partial charge in [0.15, 0.2) is 0 Å². The summed E-state index contributed by atoms with van der Waals surface area (Å²) in [5.74, 6) is 0. The van der Waals surface area contributed by atoms with E-state index in [-0.39, 0.29) is 6.04 Å². The van der Waals surface area contributed by atoms with Crippen LogP contribution < -0.4 is 5.32 Å². The van der Waals surface area contributed by atoms with Crippen molar-refractivity contribution in [1.29, 1.82) is 0 Å². The molecule has 0 saturated heterocycles. The Labute approximate surface area is 143 Å². The van der Waals surface area contributed by atoms with E-state index in [1.165, 1.54) is 16.8 Å². The summed E-state index contributed by atoms with van der Waals surface area (Å²) in [6, 6.07) is 6.75. The molecule has 1 N–H and O–H groups in total. The lowest BCUT2D eigenvalue weighted by Crippen LogP contribution is -2.24. The minimum absolute atomic E-state index is 0.260. The van der Waals surface area contributed by atoms with E-state index in [0.29, 0.717) is 0 Å². The first-order valence-corrected chi connectivity index (χ1v) is 8.70. The van der Waals surface area contributed by atoms with Crippen molar-refractivity contribution in [3.05, 3.63) is 49.7 Å². The molecule has 3 nitrogen and oxygen atoms in total. The van der Waals surface area contributed by atoms with E-state index in [9.17, 15) is 0 Å². The summed E-state index contributed by atoms with van der Waals surface area (Å²) in [7, 11) is 2.00. The molecule has 0 radical (unpaired) electrons. The molecule has 0 bridgehead atoms. The third-order valence-electron chi connectivity index (χ3n) is 3.64. The second kappa shape index (κ2) is 7.07. The molecule has 0 aliphatic heterocycles. The van der Waals surface area contributed by atoms with Gasteiger partial charge in [0.1, 0.15) is 0 Å². The van der Waals surface area contributed by atoms with Gasteiger partial charge in [0, 0.05) is 24.0 Å². The second-order valence-electron chi connectivity index (χ2n) is 5.31. The van der Waals surface area contributed by atoms with Crippen molar-refractivity contribution in [1.82, 2.24) is 15.1 Å². The SMILES string of the molecule is CCNC(Cc1c(Br)c(C)nn1C)c1cc(C)ccc1Br. The van der Waals surface area contributed by atoms with Gasteiger partial charge in [0.2, 0.25) is 0 Å². The van der Waals surface area contributed by atoms with Crippen LogP contribution >= 0.6 is 31.9 Å². The highest BCUT2D eigenvalue weighted by Crippen LogP contribution is 2.30. The number of nitrogens with one attached hydrogen (secondary N) is 1. The van der Waals surface area contributed by atoms with Crippen molar-refractivity contribution in [3.63, 3.8) is 0 Å². The number of hydrogen-bond donors (Lipinski definition) is 1. The maximum Gasteiger partial charge on any atom is 0.0738 e. The Kier molecular flexibility index (Phi) is 5.63. The van der Waals surface area contributed by atoms with Gasteiger partial charge in [-0.3, -0.25) is 4.68 Å². The van der Waals surface area contributed by atoms with Crippen LogP contribution in [0.15, 0.2) is 27.1 Å². The third-order valence-corrected chi connectivity index (χ3v) is 5.39. The zero-order chi connectivity index (χ0) is 15.6. The molecule has 1 aromatic heterocycles. The molecule has 5 heteroatoms. The monoisotopic (exact) mass is 413 g/mol. The van der Waals surface area contributed by atoms with Gasteiger partial charge in [0.05, 0.1) is 15.9 Å². The maximum atomic E-state index is 4.49. The Bertz CT molecular complexity index is 635. The Hall–Kier alpha value is -0.650. The predicted octanol–water partition coefficient (Wildman–Crippen LogP) is 4.46. The van der Waals surface area contributed by atoms with Crippen molar-refractivity contribution in [2.75, 3.05) is 6.54 Å². The standard InChI is InChI=1S/C16H21Br2N3/c1-5-19-14(12-8-10(2)6-7-13(12)17)9-15-16(18)11(3)20-21(15)4/h6-8,14,19H,5,9H2,1-4H3. The zero-order valence-electron chi connectivity index (χ0n) is 12.9. The topological polar surface area (TPSA) is 29.9 Å². The molecule has 1 atom stereocenters. The number of benzene rings is 1. The molecule has 21 heavy (non-hydrogen) atoms. The Morgan fingerprint density at radius 1 is 1.29 bits per heavy atom. The zero-order valence-corrected chi connectivity index (χ0v) is 16.0. The molecule has 0 aliphatic carbocycles. The average molecular weight is 415 g/mol. The lowest BCUT2D eigenvalue weighted by molar-refractivity contribution is 0.526. The van der Waals surface area contributed by atoms with Crippen molar-refractivity contribution < 1.29 is 0 Å². The van der Waals surface area contributed by atoms with Crippen molar-refractivity contribution >= 4 is 31.9 Å². The highest BCUT2D eigenvalue weighted by atomic mass is 79.9. The van der Waals surface area contributed by atoms with E-state index < -0.39 is 0 Å².